The Bertz CT molecular complexity index is 517. The van der Waals surface area contributed by atoms with Gasteiger partial charge in [0.2, 0.25) is 0 Å². The minimum absolute atomic E-state index is 0.161. The third-order valence-electron chi connectivity index (χ3n) is 4.55. The van der Waals surface area contributed by atoms with Crippen LogP contribution in [0.3, 0.4) is 0 Å². The molecule has 2 aliphatic rings. The molecule has 0 spiro atoms. The van der Waals surface area contributed by atoms with Gasteiger partial charge >= 0.3 is 0 Å². The van der Waals surface area contributed by atoms with E-state index in [2.05, 4.69) is 28.2 Å². The molecule has 1 aromatic carbocycles. The molecular formula is C15H19BrN2O. The van der Waals surface area contributed by atoms with Crippen LogP contribution in [0.25, 0.3) is 0 Å². The number of amides is 1. The Morgan fingerprint density at radius 3 is 2.89 bits per heavy atom. The monoisotopic (exact) mass is 322 g/mol. The molecule has 0 bridgehead atoms. The Kier molecular flexibility index (Phi) is 3.39. The number of benzene rings is 1. The van der Waals surface area contributed by atoms with Gasteiger partial charge in [-0.2, -0.15) is 0 Å². The van der Waals surface area contributed by atoms with E-state index in [9.17, 15) is 4.79 Å². The van der Waals surface area contributed by atoms with E-state index >= 15 is 0 Å². The van der Waals surface area contributed by atoms with Gasteiger partial charge in [0.25, 0.3) is 5.91 Å². The van der Waals surface area contributed by atoms with Crippen molar-refractivity contribution in [2.75, 3.05) is 19.6 Å². The summed E-state index contributed by atoms with van der Waals surface area (Å²) in [6, 6.07) is 6.28. The van der Waals surface area contributed by atoms with E-state index in [1.54, 1.807) is 0 Å². The van der Waals surface area contributed by atoms with Crippen molar-refractivity contribution in [3.05, 3.63) is 33.8 Å². The van der Waals surface area contributed by atoms with Crippen LogP contribution >= 0.6 is 15.9 Å². The van der Waals surface area contributed by atoms with Crippen LogP contribution in [0.5, 0.6) is 0 Å². The largest absolute Gasteiger partial charge is 0.335 e. The van der Waals surface area contributed by atoms with Crippen molar-refractivity contribution in [3.8, 4) is 0 Å². The van der Waals surface area contributed by atoms with Crippen LogP contribution < -0.4 is 5.32 Å². The topological polar surface area (TPSA) is 32.3 Å². The SMILES string of the molecule is Cc1ccc(C(=O)N2CC3CNCC3C2C)c(Br)c1. The van der Waals surface area contributed by atoms with Crippen molar-refractivity contribution >= 4 is 21.8 Å². The Labute approximate surface area is 122 Å². The number of nitrogens with zero attached hydrogens (tertiary/aromatic N) is 1. The van der Waals surface area contributed by atoms with Crippen LogP contribution in [0.4, 0.5) is 0 Å². The molecule has 2 saturated heterocycles. The smallest absolute Gasteiger partial charge is 0.255 e. The molecule has 0 aromatic heterocycles. The summed E-state index contributed by atoms with van der Waals surface area (Å²) in [7, 11) is 0. The number of carbonyl (C=O) groups is 1. The Hall–Kier alpha value is -0.870. The van der Waals surface area contributed by atoms with Crippen molar-refractivity contribution in [1.29, 1.82) is 0 Å². The van der Waals surface area contributed by atoms with Gasteiger partial charge in [-0.3, -0.25) is 4.79 Å². The molecule has 0 aliphatic carbocycles. The van der Waals surface area contributed by atoms with E-state index in [0.717, 1.165) is 29.7 Å². The molecule has 1 aromatic rings. The maximum Gasteiger partial charge on any atom is 0.255 e. The number of rotatable bonds is 1. The maximum atomic E-state index is 12.7. The average molecular weight is 323 g/mol. The van der Waals surface area contributed by atoms with Crippen LogP contribution in [0.2, 0.25) is 0 Å². The summed E-state index contributed by atoms with van der Waals surface area (Å²) in [4.78, 5) is 14.7. The van der Waals surface area contributed by atoms with Crippen molar-refractivity contribution in [2.24, 2.45) is 11.8 Å². The van der Waals surface area contributed by atoms with Crippen molar-refractivity contribution in [3.63, 3.8) is 0 Å². The normalized spacial score (nSPS) is 29.6. The summed E-state index contributed by atoms with van der Waals surface area (Å²) in [6.07, 6.45) is 0. The van der Waals surface area contributed by atoms with Crippen molar-refractivity contribution in [1.82, 2.24) is 10.2 Å². The van der Waals surface area contributed by atoms with E-state index in [-0.39, 0.29) is 5.91 Å². The van der Waals surface area contributed by atoms with Crippen LogP contribution in [0.15, 0.2) is 22.7 Å². The summed E-state index contributed by atoms with van der Waals surface area (Å²) < 4.78 is 0.903. The molecule has 2 fully saturated rings. The van der Waals surface area contributed by atoms with E-state index in [1.165, 1.54) is 5.56 Å². The first-order chi connectivity index (χ1) is 9.08. The number of aryl methyl sites for hydroxylation is 1. The fourth-order valence-corrected chi connectivity index (χ4v) is 4.05. The van der Waals surface area contributed by atoms with E-state index in [4.69, 9.17) is 0 Å². The molecule has 0 saturated carbocycles. The molecular weight excluding hydrogens is 304 g/mol. The molecule has 2 heterocycles. The second kappa shape index (κ2) is 4.91. The lowest BCUT2D eigenvalue weighted by Crippen LogP contribution is -2.38. The highest BCUT2D eigenvalue weighted by molar-refractivity contribution is 9.10. The minimum atomic E-state index is 0.161. The van der Waals surface area contributed by atoms with Gasteiger partial charge in [-0.05, 0) is 59.3 Å². The van der Waals surface area contributed by atoms with Crippen LogP contribution in [0.1, 0.15) is 22.8 Å². The van der Waals surface area contributed by atoms with Gasteiger partial charge < -0.3 is 10.2 Å². The number of nitrogens with one attached hydrogen (secondary N) is 1. The summed E-state index contributed by atoms with van der Waals surface area (Å²) in [6.45, 7) is 7.20. The summed E-state index contributed by atoms with van der Waals surface area (Å²) in [5.74, 6) is 1.41. The van der Waals surface area contributed by atoms with E-state index < -0.39 is 0 Å². The fourth-order valence-electron chi connectivity index (χ4n) is 3.38. The van der Waals surface area contributed by atoms with Gasteiger partial charge in [0, 0.05) is 30.1 Å². The van der Waals surface area contributed by atoms with E-state index in [0.29, 0.717) is 17.9 Å². The third kappa shape index (κ3) is 2.21. The van der Waals surface area contributed by atoms with Crippen molar-refractivity contribution in [2.45, 2.75) is 19.9 Å². The second-order valence-electron chi connectivity index (χ2n) is 5.76. The Morgan fingerprint density at radius 1 is 1.42 bits per heavy atom. The van der Waals surface area contributed by atoms with E-state index in [1.807, 2.05) is 30.0 Å². The predicted molar refractivity (Wildman–Crippen MR) is 79.2 cm³/mol. The number of hydrogen-bond acceptors (Lipinski definition) is 2. The number of hydrogen-bond donors (Lipinski definition) is 1. The quantitative estimate of drug-likeness (QED) is 0.861. The number of carbonyl (C=O) groups excluding carboxylic acids is 1. The third-order valence-corrected chi connectivity index (χ3v) is 5.21. The molecule has 102 valence electrons. The molecule has 1 N–H and O–H groups in total. The summed E-state index contributed by atoms with van der Waals surface area (Å²) in [5.41, 5.74) is 1.95. The molecule has 4 heteroatoms. The lowest BCUT2D eigenvalue weighted by Gasteiger charge is -2.25. The van der Waals surface area contributed by atoms with Crippen molar-refractivity contribution < 1.29 is 4.79 Å². The van der Waals surface area contributed by atoms with Gasteiger partial charge in [0.05, 0.1) is 5.56 Å². The molecule has 2 aliphatic heterocycles. The zero-order valence-corrected chi connectivity index (χ0v) is 12.9. The fraction of sp³-hybridized carbons (Fsp3) is 0.533. The summed E-state index contributed by atoms with van der Waals surface area (Å²) >= 11 is 3.52. The molecule has 3 unspecified atom stereocenters. The highest BCUT2D eigenvalue weighted by atomic mass is 79.9. The first kappa shape index (κ1) is 13.1. The lowest BCUT2D eigenvalue weighted by molar-refractivity contribution is 0.0727. The first-order valence-electron chi connectivity index (χ1n) is 6.86. The maximum absolute atomic E-state index is 12.7. The average Bonchev–Trinajstić information content (AvgIpc) is 2.92. The molecule has 0 radical (unpaired) electrons. The van der Waals surface area contributed by atoms with Gasteiger partial charge in [0.15, 0.2) is 0 Å². The molecule has 1 amide bonds. The standard InChI is InChI=1S/C15H19BrN2O/c1-9-3-4-12(14(16)5-9)15(19)18-8-11-6-17-7-13(11)10(18)2/h3-5,10-11,13,17H,6-8H2,1-2H3. The van der Waals surface area contributed by atoms with Crippen LogP contribution in [-0.2, 0) is 0 Å². The van der Waals surface area contributed by atoms with Gasteiger partial charge in [-0.15, -0.1) is 0 Å². The minimum Gasteiger partial charge on any atom is -0.335 e. The van der Waals surface area contributed by atoms with Gasteiger partial charge in [0.1, 0.15) is 0 Å². The summed E-state index contributed by atoms with van der Waals surface area (Å²) in [5, 5.41) is 3.43. The predicted octanol–water partition coefficient (Wildman–Crippen LogP) is 2.44. The second-order valence-corrected chi connectivity index (χ2v) is 6.62. The highest BCUT2D eigenvalue weighted by Gasteiger charge is 2.43. The number of halogens is 1. The first-order valence-corrected chi connectivity index (χ1v) is 7.65. The Balaban J connectivity index is 1.84. The Morgan fingerprint density at radius 2 is 2.21 bits per heavy atom. The van der Waals surface area contributed by atoms with Gasteiger partial charge in [-0.1, -0.05) is 6.07 Å². The number of fused-ring (bicyclic) bond motifs is 1. The molecule has 3 nitrogen and oxygen atoms in total. The number of likely N-dealkylation sites (tertiary alicyclic amines) is 1. The molecule has 19 heavy (non-hydrogen) atoms. The van der Waals surface area contributed by atoms with Crippen LogP contribution in [0, 0.1) is 18.8 Å². The molecule has 3 rings (SSSR count). The van der Waals surface area contributed by atoms with Crippen LogP contribution in [-0.4, -0.2) is 36.5 Å². The molecule has 3 atom stereocenters. The zero-order valence-electron chi connectivity index (χ0n) is 11.3. The van der Waals surface area contributed by atoms with Gasteiger partial charge in [-0.25, -0.2) is 0 Å². The zero-order chi connectivity index (χ0) is 13.6. The highest BCUT2D eigenvalue weighted by Crippen LogP contribution is 2.34. The lowest BCUT2D eigenvalue weighted by atomic mass is 9.95.